The van der Waals surface area contributed by atoms with E-state index in [9.17, 15) is 19.2 Å². The van der Waals surface area contributed by atoms with E-state index in [1.54, 1.807) is 54.6 Å². The summed E-state index contributed by atoms with van der Waals surface area (Å²) in [6.07, 6.45) is -1.11. The number of benzene rings is 2. The number of hydrogen-bond donors (Lipinski definition) is 2. The number of esters is 1. The molecule has 2 aromatic rings. The highest BCUT2D eigenvalue weighted by Gasteiger charge is 2.33. The van der Waals surface area contributed by atoms with Crippen molar-refractivity contribution >= 4 is 23.9 Å². The molecule has 0 aromatic heterocycles. The number of para-hydroxylation sites is 1. The SMILES string of the molecule is NC(=O)CCNC(=O)c1ccc(OCC2CN(CC(=O)Oc3ccccc3)C(=O)O2)cc1. The lowest BCUT2D eigenvalue weighted by molar-refractivity contribution is -0.135. The van der Waals surface area contributed by atoms with Crippen molar-refractivity contribution in [2.24, 2.45) is 5.73 Å². The lowest BCUT2D eigenvalue weighted by Crippen LogP contribution is -2.34. The van der Waals surface area contributed by atoms with Crippen LogP contribution in [-0.2, 0) is 14.3 Å². The van der Waals surface area contributed by atoms with Crippen LogP contribution in [0.5, 0.6) is 11.5 Å². The lowest BCUT2D eigenvalue weighted by Gasteiger charge is -2.13. The Morgan fingerprint density at radius 2 is 1.78 bits per heavy atom. The Bertz CT molecular complexity index is 963. The maximum Gasteiger partial charge on any atom is 0.410 e. The van der Waals surface area contributed by atoms with Gasteiger partial charge in [-0.1, -0.05) is 18.2 Å². The Morgan fingerprint density at radius 3 is 2.47 bits per heavy atom. The molecule has 168 valence electrons. The molecule has 3 N–H and O–H groups in total. The van der Waals surface area contributed by atoms with Crippen LogP contribution in [0.2, 0.25) is 0 Å². The number of rotatable bonds is 10. The minimum atomic E-state index is -0.619. The number of cyclic esters (lactones) is 1. The zero-order valence-electron chi connectivity index (χ0n) is 17.2. The van der Waals surface area contributed by atoms with Gasteiger partial charge in [-0.05, 0) is 36.4 Å². The number of carbonyl (C=O) groups is 4. The van der Waals surface area contributed by atoms with Crippen LogP contribution in [0.4, 0.5) is 4.79 Å². The van der Waals surface area contributed by atoms with Crippen LogP contribution < -0.4 is 20.5 Å². The summed E-state index contributed by atoms with van der Waals surface area (Å²) in [5.41, 5.74) is 5.43. The highest BCUT2D eigenvalue weighted by atomic mass is 16.6. The van der Waals surface area contributed by atoms with E-state index in [4.69, 9.17) is 19.9 Å². The van der Waals surface area contributed by atoms with Gasteiger partial charge in [0, 0.05) is 18.5 Å². The Morgan fingerprint density at radius 1 is 1.06 bits per heavy atom. The van der Waals surface area contributed by atoms with Gasteiger partial charge in [-0.3, -0.25) is 14.5 Å². The van der Waals surface area contributed by atoms with Crippen LogP contribution in [0.25, 0.3) is 0 Å². The topological polar surface area (TPSA) is 137 Å². The number of amides is 3. The quantitative estimate of drug-likeness (QED) is 0.416. The van der Waals surface area contributed by atoms with Gasteiger partial charge in [0.15, 0.2) is 6.10 Å². The van der Waals surface area contributed by atoms with Crippen LogP contribution in [0.15, 0.2) is 54.6 Å². The van der Waals surface area contributed by atoms with Gasteiger partial charge in [0.05, 0.1) is 6.54 Å². The van der Waals surface area contributed by atoms with E-state index >= 15 is 0 Å². The second-order valence-corrected chi connectivity index (χ2v) is 6.98. The molecule has 1 saturated heterocycles. The predicted molar refractivity (Wildman–Crippen MR) is 112 cm³/mol. The molecule has 0 spiro atoms. The molecule has 0 aliphatic carbocycles. The van der Waals surface area contributed by atoms with E-state index in [0.717, 1.165) is 0 Å². The van der Waals surface area contributed by atoms with Crippen molar-refractivity contribution in [3.63, 3.8) is 0 Å². The van der Waals surface area contributed by atoms with Gasteiger partial charge in [0.25, 0.3) is 5.91 Å². The number of nitrogens with zero attached hydrogens (tertiary/aromatic N) is 1. The molecular formula is C22H23N3O7. The van der Waals surface area contributed by atoms with E-state index in [-0.39, 0.29) is 38.6 Å². The Labute approximate surface area is 184 Å². The first-order valence-corrected chi connectivity index (χ1v) is 9.91. The fourth-order valence-electron chi connectivity index (χ4n) is 2.89. The van der Waals surface area contributed by atoms with Gasteiger partial charge in [-0.15, -0.1) is 0 Å². The molecule has 1 aliphatic rings. The zero-order valence-corrected chi connectivity index (χ0v) is 17.2. The molecule has 10 nitrogen and oxygen atoms in total. The second kappa shape index (κ2) is 10.8. The van der Waals surface area contributed by atoms with Gasteiger partial charge in [0.2, 0.25) is 5.91 Å². The molecule has 1 heterocycles. The van der Waals surface area contributed by atoms with Gasteiger partial charge < -0.3 is 25.3 Å². The normalized spacial score (nSPS) is 15.1. The van der Waals surface area contributed by atoms with Crippen LogP contribution in [0, 0.1) is 0 Å². The number of primary amides is 1. The fourth-order valence-corrected chi connectivity index (χ4v) is 2.89. The van der Waals surface area contributed by atoms with Crippen LogP contribution in [0.1, 0.15) is 16.8 Å². The summed E-state index contributed by atoms with van der Waals surface area (Å²) < 4.78 is 16.0. The first-order valence-electron chi connectivity index (χ1n) is 9.91. The number of ether oxygens (including phenoxy) is 3. The van der Waals surface area contributed by atoms with Gasteiger partial charge in [-0.2, -0.15) is 0 Å². The third-order valence-corrected chi connectivity index (χ3v) is 4.45. The van der Waals surface area contributed by atoms with Crippen LogP contribution in [-0.4, -0.2) is 61.1 Å². The fraction of sp³-hybridized carbons (Fsp3) is 0.273. The number of nitrogens with one attached hydrogen (secondary N) is 1. The van der Waals surface area contributed by atoms with Crippen LogP contribution >= 0.6 is 0 Å². The molecule has 10 heteroatoms. The summed E-state index contributed by atoms with van der Waals surface area (Å²) in [4.78, 5) is 48.0. The number of carbonyl (C=O) groups excluding carboxylic acids is 4. The minimum Gasteiger partial charge on any atom is -0.490 e. The maximum atomic E-state index is 12.0. The first-order chi connectivity index (χ1) is 15.4. The van der Waals surface area contributed by atoms with E-state index < -0.39 is 24.1 Å². The standard InChI is InChI=1S/C22H23N3O7/c23-19(26)10-11-24-21(28)15-6-8-16(9-7-15)30-14-18-12-25(22(29)32-18)13-20(27)31-17-4-2-1-3-5-17/h1-9,18H,10-14H2,(H2,23,26)(H,24,28). The van der Waals surface area contributed by atoms with E-state index in [2.05, 4.69) is 5.32 Å². The number of nitrogens with two attached hydrogens (primary N) is 1. The second-order valence-electron chi connectivity index (χ2n) is 6.98. The Kier molecular flexibility index (Phi) is 7.63. The van der Waals surface area contributed by atoms with Crippen molar-refractivity contribution in [1.29, 1.82) is 0 Å². The smallest absolute Gasteiger partial charge is 0.410 e. The molecule has 32 heavy (non-hydrogen) atoms. The van der Waals surface area contributed by atoms with Crippen molar-refractivity contribution in [1.82, 2.24) is 10.2 Å². The summed E-state index contributed by atoms with van der Waals surface area (Å²) in [6, 6.07) is 14.9. The van der Waals surface area contributed by atoms with E-state index in [1.165, 1.54) is 4.90 Å². The monoisotopic (exact) mass is 441 g/mol. The molecule has 0 saturated carbocycles. The minimum absolute atomic E-state index is 0.0635. The molecule has 0 radical (unpaired) electrons. The van der Waals surface area contributed by atoms with E-state index in [0.29, 0.717) is 17.1 Å². The van der Waals surface area contributed by atoms with Crippen molar-refractivity contribution in [2.75, 3.05) is 26.2 Å². The molecule has 0 bridgehead atoms. The van der Waals surface area contributed by atoms with E-state index in [1.807, 2.05) is 0 Å². The van der Waals surface area contributed by atoms with Gasteiger partial charge >= 0.3 is 12.1 Å². The highest BCUT2D eigenvalue weighted by molar-refractivity contribution is 5.94. The predicted octanol–water partition coefficient (Wildman–Crippen LogP) is 1.10. The highest BCUT2D eigenvalue weighted by Crippen LogP contribution is 2.17. The molecule has 1 atom stereocenters. The summed E-state index contributed by atoms with van der Waals surface area (Å²) in [5, 5.41) is 2.59. The third kappa shape index (κ3) is 6.73. The maximum absolute atomic E-state index is 12.0. The molecule has 3 amide bonds. The van der Waals surface area contributed by atoms with Crippen LogP contribution in [0.3, 0.4) is 0 Å². The lowest BCUT2D eigenvalue weighted by atomic mass is 10.2. The van der Waals surface area contributed by atoms with Crippen molar-refractivity contribution in [3.8, 4) is 11.5 Å². The largest absolute Gasteiger partial charge is 0.490 e. The van der Waals surface area contributed by atoms with Gasteiger partial charge in [-0.25, -0.2) is 9.59 Å². The Hall–Kier alpha value is -4.08. The summed E-state index contributed by atoms with van der Waals surface area (Å²) in [7, 11) is 0. The summed E-state index contributed by atoms with van der Waals surface area (Å²) >= 11 is 0. The van der Waals surface area contributed by atoms with Gasteiger partial charge in [0.1, 0.15) is 24.7 Å². The number of hydrogen-bond acceptors (Lipinski definition) is 7. The summed E-state index contributed by atoms with van der Waals surface area (Å²) in [5.74, 6) is -0.514. The third-order valence-electron chi connectivity index (χ3n) is 4.45. The molecular weight excluding hydrogens is 418 g/mol. The zero-order chi connectivity index (χ0) is 22.9. The average Bonchev–Trinajstić information content (AvgIpc) is 3.12. The molecule has 1 aliphatic heterocycles. The molecule has 1 fully saturated rings. The Balaban J connectivity index is 1.42. The summed E-state index contributed by atoms with van der Waals surface area (Å²) in [6.45, 7) is 0.196. The molecule has 3 rings (SSSR count). The first kappa shape index (κ1) is 22.6. The van der Waals surface area contributed by atoms with Crippen molar-refractivity contribution in [2.45, 2.75) is 12.5 Å². The average molecular weight is 441 g/mol. The molecule has 1 unspecified atom stereocenters. The van der Waals surface area contributed by atoms with Crippen molar-refractivity contribution in [3.05, 3.63) is 60.2 Å². The molecule has 2 aromatic carbocycles. The van der Waals surface area contributed by atoms with Crippen molar-refractivity contribution < 1.29 is 33.4 Å².